The highest BCUT2D eigenvalue weighted by Crippen LogP contribution is 2.13. The molecule has 0 radical (unpaired) electrons. The van der Waals surface area contributed by atoms with Crippen molar-refractivity contribution >= 4 is 11.6 Å². The fourth-order valence-electron chi connectivity index (χ4n) is 1.45. The Hall–Kier alpha value is -1.39. The van der Waals surface area contributed by atoms with E-state index < -0.39 is 11.6 Å². The highest BCUT2D eigenvalue weighted by molar-refractivity contribution is 6.28. The summed E-state index contributed by atoms with van der Waals surface area (Å²) in [5.74, 6) is -0.243. The van der Waals surface area contributed by atoms with E-state index in [1.54, 1.807) is 12.1 Å². The standard InChI is InChI=1S/C12H10ClF2NO/c13-12-4-2-10(17-12)7-16-6-8-5-9(14)1-3-11(8)15/h1-5,16H,6-7H2. The molecule has 0 aliphatic carbocycles. The molecule has 0 atom stereocenters. The molecule has 0 unspecified atom stereocenters. The molecule has 5 heteroatoms. The molecule has 0 spiro atoms. The Morgan fingerprint density at radius 3 is 2.65 bits per heavy atom. The molecular weight excluding hydrogens is 248 g/mol. The third-order valence-electron chi connectivity index (χ3n) is 2.25. The largest absolute Gasteiger partial charge is 0.448 e. The van der Waals surface area contributed by atoms with Crippen LogP contribution >= 0.6 is 11.6 Å². The van der Waals surface area contributed by atoms with Gasteiger partial charge in [0.2, 0.25) is 0 Å². The van der Waals surface area contributed by atoms with Crippen LogP contribution < -0.4 is 5.32 Å². The quantitative estimate of drug-likeness (QED) is 0.907. The highest BCUT2D eigenvalue weighted by atomic mass is 35.5. The van der Waals surface area contributed by atoms with Crippen molar-refractivity contribution in [2.24, 2.45) is 0 Å². The smallest absolute Gasteiger partial charge is 0.193 e. The third kappa shape index (κ3) is 3.28. The van der Waals surface area contributed by atoms with E-state index in [9.17, 15) is 8.78 Å². The van der Waals surface area contributed by atoms with Crippen LogP contribution in [0.25, 0.3) is 0 Å². The zero-order valence-corrected chi connectivity index (χ0v) is 9.60. The predicted molar refractivity (Wildman–Crippen MR) is 60.6 cm³/mol. The zero-order chi connectivity index (χ0) is 12.3. The number of furan rings is 1. The lowest BCUT2D eigenvalue weighted by molar-refractivity contribution is 0.480. The monoisotopic (exact) mass is 257 g/mol. The lowest BCUT2D eigenvalue weighted by atomic mass is 10.2. The fraction of sp³-hybridized carbons (Fsp3) is 0.167. The summed E-state index contributed by atoms with van der Waals surface area (Å²) < 4.78 is 31.2. The van der Waals surface area contributed by atoms with Crippen molar-refractivity contribution in [2.75, 3.05) is 0 Å². The molecule has 0 amide bonds. The fourth-order valence-corrected chi connectivity index (χ4v) is 1.61. The van der Waals surface area contributed by atoms with E-state index in [0.29, 0.717) is 17.5 Å². The van der Waals surface area contributed by atoms with E-state index in [4.69, 9.17) is 16.0 Å². The lowest BCUT2D eigenvalue weighted by Crippen LogP contribution is -2.13. The van der Waals surface area contributed by atoms with Gasteiger partial charge in [-0.1, -0.05) is 0 Å². The maximum absolute atomic E-state index is 13.2. The summed E-state index contributed by atoms with van der Waals surface area (Å²) in [7, 11) is 0. The first-order valence-corrected chi connectivity index (χ1v) is 5.42. The number of benzene rings is 1. The molecule has 2 rings (SSSR count). The molecule has 90 valence electrons. The minimum absolute atomic E-state index is 0.224. The Morgan fingerprint density at radius 2 is 1.94 bits per heavy atom. The summed E-state index contributed by atoms with van der Waals surface area (Å²) in [6, 6.07) is 6.71. The Bertz CT molecular complexity index is 513. The van der Waals surface area contributed by atoms with Gasteiger partial charge < -0.3 is 9.73 Å². The Balaban J connectivity index is 1.91. The molecule has 0 bridgehead atoms. The molecule has 0 fully saturated rings. The first kappa shape index (κ1) is 12.1. The molecule has 2 aromatic rings. The number of halogens is 3. The lowest BCUT2D eigenvalue weighted by Gasteiger charge is -2.04. The van der Waals surface area contributed by atoms with Gasteiger partial charge in [-0.05, 0) is 41.9 Å². The van der Waals surface area contributed by atoms with Crippen LogP contribution in [-0.4, -0.2) is 0 Å². The summed E-state index contributed by atoms with van der Waals surface area (Å²) in [4.78, 5) is 0. The van der Waals surface area contributed by atoms with Crippen LogP contribution in [0.4, 0.5) is 8.78 Å². The summed E-state index contributed by atoms with van der Waals surface area (Å²) in [5.41, 5.74) is 0.280. The molecule has 2 nitrogen and oxygen atoms in total. The van der Waals surface area contributed by atoms with Gasteiger partial charge in [0, 0.05) is 12.1 Å². The summed E-state index contributed by atoms with van der Waals surface area (Å²) in [6.45, 7) is 0.630. The van der Waals surface area contributed by atoms with E-state index in [1.807, 2.05) is 0 Å². The Morgan fingerprint density at radius 1 is 1.12 bits per heavy atom. The van der Waals surface area contributed by atoms with Crippen molar-refractivity contribution in [3.63, 3.8) is 0 Å². The molecule has 1 heterocycles. The minimum atomic E-state index is -0.454. The van der Waals surface area contributed by atoms with Gasteiger partial charge in [0.25, 0.3) is 0 Å². The van der Waals surface area contributed by atoms with Crippen LogP contribution in [0.3, 0.4) is 0 Å². The van der Waals surface area contributed by atoms with Gasteiger partial charge in [-0.25, -0.2) is 8.78 Å². The summed E-state index contributed by atoms with van der Waals surface area (Å²) >= 11 is 5.60. The number of hydrogen-bond acceptors (Lipinski definition) is 2. The normalized spacial score (nSPS) is 10.8. The molecule has 0 aliphatic heterocycles. The van der Waals surface area contributed by atoms with Gasteiger partial charge in [-0.15, -0.1) is 0 Å². The molecule has 1 N–H and O–H groups in total. The van der Waals surface area contributed by atoms with E-state index >= 15 is 0 Å². The molecule has 0 aliphatic rings. The van der Waals surface area contributed by atoms with Gasteiger partial charge in [0.1, 0.15) is 17.4 Å². The molecule has 0 saturated heterocycles. The van der Waals surface area contributed by atoms with Gasteiger partial charge in [-0.2, -0.15) is 0 Å². The SMILES string of the molecule is Fc1ccc(F)c(CNCc2ccc(Cl)o2)c1. The Labute approximate surface area is 102 Å². The van der Waals surface area contributed by atoms with Gasteiger partial charge >= 0.3 is 0 Å². The molecule has 1 aromatic carbocycles. The van der Waals surface area contributed by atoms with E-state index in [1.165, 1.54) is 0 Å². The van der Waals surface area contributed by atoms with Crippen LogP contribution in [0.15, 0.2) is 34.7 Å². The predicted octanol–water partition coefficient (Wildman–Crippen LogP) is 3.50. The molecule has 0 saturated carbocycles. The second-order valence-corrected chi connectivity index (χ2v) is 3.92. The first-order valence-electron chi connectivity index (χ1n) is 5.04. The van der Waals surface area contributed by atoms with Crippen LogP contribution in [-0.2, 0) is 13.1 Å². The van der Waals surface area contributed by atoms with Crippen molar-refractivity contribution in [3.05, 3.63) is 58.5 Å². The highest BCUT2D eigenvalue weighted by Gasteiger charge is 2.04. The third-order valence-corrected chi connectivity index (χ3v) is 2.45. The summed E-state index contributed by atoms with van der Waals surface area (Å²) in [6.07, 6.45) is 0. The molecule has 17 heavy (non-hydrogen) atoms. The van der Waals surface area contributed by atoms with Crippen LogP contribution in [0.1, 0.15) is 11.3 Å². The van der Waals surface area contributed by atoms with Crippen molar-refractivity contribution in [3.8, 4) is 0 Å². The molecule has 1 aromatic heterocycles. The van der Waals surface area contributed by atoms with Crippen LogP contribution in [0.2, 0.25) is 5.22 Å². The maximum Gasteiger partial charge on any atom is 0.193 e. The molecular formula is C12H10ClF2NO. The van der Waals surface area contributed by atoms with Gasteiger partial charge in [0.15, 0.2) is 5.22 Å². The zero-order valence-electron chi connectivity index (χ0n) is 8.84. The van der Waals surface area contributed by atoms with Gasteiger partial charge in [-0.3, -0.25) is 0 Å². The van der Waals surface area contributed by atoms with Crippen LogP contribution in [0.5, 0.6) is 0 Å². The maximum atomic E-state index is 13.2. The topological polar surface area (TPSA) is 25.2 Å². The van der Waals surface area contributed by atoms with Crippen molar-refractivity contribution < 1.29 is 13.2 Å². The summed E-state index contributed by atoms with van der Waals surface area (Å²) in [5, 5.41) is 3.24. The number of nitrogens with one attached hydrogen (secondary N) is 1. The minimum Gasteiger partial charge on any atom is -0.448 e. The average molecular weight is 258 g/mol. The van der Waals surface area contributed by atoms with E-state index in [2.05, 4.69) is 5.32 Å². The average Bonchev–Trinajstić information content (AvgIpc) is 2.69. The number of hydrogen-bond donors (Lipinski definition) is 1. The second kappa shape index (κ2) is 5.29. The van der Waals surface area contributed by atoms with Crippen LogP contribution in [0, 0.1) is 11.6 Å². The first-order chi connectivity index (χ1) is 8.15. The van der Waals surface area contributed by atoms with Gasteiger partial charge in [0.05, 0.1) is 6.54 Å². The van der Waals surface area contributed by atoms with Crippen molar-refractivity contribution in [2.45, 2.75) is 13.1 Å². The van der Waals surface area contributed by atoms with E-state index in [-0.39, 0.29) is 12.1 Å². The van der Waals surface area contributed by atoms with Crippen molar-refractivity contribution in [1.29, 1.82) is 0 Å². The second-order valence-electron chi connectivity index (χ2n) is 3.55. The Kier molecular flexibility index (Phi) is 3.76. The van der Waals surface area contributed by atoms with Crippen molar-refractivity contribution in [1.82, 2.24) is 5.32 Å². The number of rotatable bonds is 4. The van der Waals surface area contributed by atoms with E-state index in [0.717, 1.165) is 18.2 Å².